The largest absolute Gasteiger partial charge is 0.545 e. The maximum absolute atomic E-state index is 11.3. The third-order valence-electron chi connectivity index (χ3n) is 5.59. The van der Waals surface area contributed by atoms with Crippen LogP contribution in [-0.4, -0.2) is 59.9 Å². The van der Waals surface area contributed by atoms with Crippen molar-refractivity contribution in [3.05, 3.63) is 53.9 Å². The molecule has 1 saturated heterocycles. The molecule has 0 N–H and O–H groups in total. The highest BCUT2D eigenvalue weighted by Gasteiger charge is 2.19. The molecule has 4 rings (SSSR count). The molecule has 0 spiro atoms. The van der Waals surface area contributed by atoms with Crippen LogP contribution in [0.4, 0.5) is 5.69 Å². The van der Waals surface area contributed by atoms with Crippen LogP contribution in [-0.2, 0) is 0 Å². The summed E-state index contributed by atoms with van der Waals surface area (Å²) in [6.45, 7) is 6.24. The van der Waals surface area contributed by atoms with Gasteiger partial charge >= 0.3 is 0 Å². The van der Waals surface area contributed by atoms with Gasteiger partial charge in [-0.15, -0.1) is 0 Å². The molecule has 7 heteroatoms. The highest BCUT2D eigenvalue weighted by Crippen LogP contribution is 2.32. The predicted molar refractivity (Wildman–Crippen MR) is 117 cm³/mol. The summed E-state index contributed by atoms with van der Waals surface area (Å²) in [6, 6.07) is 13.5. The zero-order valence-electron chi connectivity index (χ0n) is 17.0. The van der Waals surface area contributed by atoms with Crippen LogP contribution in [0.25, 0.3) is 16.7 Å². The van der Waals surface area contributed by atoms with Gasteiger partial charge in [-0.1, -0.05) is 12.1 Å². The van der Waals surface area contributed by atoms with Gasteiger partial charge in [0, 0.05) is 37.6 Å². The number of rotatable bonds is 5. The van der Waals surface area contributed by atoms with E-state index in [0.29, 0.717) is 5.52 Å². The van der Waals surface area contributed by atoms with Crippen molar-refractivity contribution >= 4 is 34.5 Å². The number of piperazine rings is 1. The molecule has 0 bridgehead atoms. The first-order valence-corrected chi connectivity index (χ1v) is 11.1. The number of carboxylic acids is 1. The third-order valence-corrected chi connectivity index (χ3v) is 6.51. The molecule has 29 heavy (non-hydrogen) atoms. The number of nitrogens with zero attached hydrogens (tertiary/aromatic N) is 4. The lowest BCUT2D eigenvalue weighted by molar-refractivity contribution is -0.255. The van der Waals surface area contributed by atoms with E-state index in [-0.39, 0.29) is 10.8 Å². The SMILES string of the molecule is CSC(C)c1nc2cc(C(=O)[O-])ccc2n1-c1cccc(N2CCN(C)CC2)c1. The van der Waals surface area contributed by atoms with Crippen LogP contribution < -0.4 is 10.0 Å². The molecule has 0 saturated carbocycles. The molecule has 152 valence electrons. The van der Waals surface area contributed by atoms with Gasteiger partial charge in [-0.2, -0.15) is 11.8 Å². The van der Waals surface area contributed by atoms with Gasteiger partial charge in [0.15, 0.2) is 0 Å². The van der Waals surface area contributed by atoms with Crippen LogP contribution >= 0.6 is 11.8 Å². The fraction of sp³-hybridized carbons (Fsp3) is 0.364. The van der Waals surface area contributed by atoms with Crippen molar-refractivity contribution in [2.45, 2.75) is 12.2 Å². The second-order valence-corrected chi connectivity index (χ2v) is 8.66. The second kappa shape index (κ2) is 8.08. The number of anilines is 1. The number of benzene rings is 2. The van der Waals surface area contributed by atoms with Crippen molar-refractivity contribution in [3.63, 3.8) is 0 Å². The molecule has 6 nitrogen and oxygen atoms in total. The van der Waals surface area contributed by atoms with Crippen LogP contribution in [0.1, 0.15) is 28.4 Å². The fourth-order valence-corrected chi connectivity index (χ4v) is 4.14. The Kier molecular flexibility index (Phi) is 5.52. The van der Waals surface area contributed by atoms with Gasteiger partial charge in [0.1, 0.15) is 5.82 Å². The standard InChI is InChI=1S/C22H26N4O2S/c1-15(29-3)21-23-19-13-16(22(27)28)7-8-20(19)26(21)18-6-4-5-17(14-18)25-11-9-24(2)10-12-25/h4-8,13-15H,9-12H2,1-3H3,(H,27,28)/p-1. The van der Waals surface area contributed by atoms with Gasteiger partial charge in [-0.25, -0.2) is 4.98 Å². The molecule has 0 aliphatic carbocycles. The highest BCUT2D eigenvalue weighted by atomic mass is 32.2. The number of aromatic carboxylic acids is 1. The first-order valence-electron chi connectivity index (χ1n) is 9.78. The number of carboxylic acid groups (broad SMARTS) is 1. The molecule has 2 aromatic carbocycles. The summed E-state index contributed by atoms with van der Waals surface area (Å²) >= 11 is 1.72. The minimum atomic E-state index is -1.18. The molecular formula is C22H25N4O2S-. The molecular weight excluding hydrogens is 384 g/mol. The summed E-state index contributed by atoms with van der Waals surface area (Å²) in [6.07, 6.45) is 2.06. The first kappa shape index (κ1) is 19.8. The number of imidazole rings is 1. The zero-order chi connectivity index (χ0) is 20.5. The Morgan fingerprint density at radius 2 is 1.83 bits per heavy atom. The molecule has 1 unspecified atom stereocenters. The molecule has 1 atom stereocenters. The van der Waals surface area contributed by atoms with Crippen LogP contribution in [0.3, 0.4) is 0 Å². The Bertz CT molecular complexity index is 1040. The van der Waals surface area contributed by atoms with E-state index < -0.39 is 5.97 Å². The van der Waals surface area contributed by atoms with Crippen molar-refractivity contribution in [1.29, 1.82) is 0 Å². The quantitative estimate of drug-likeness (QED) is 0.645. The summed E-state index contributed by atoms with van der Waals surface area (Å²) in [5, 5.41) is 11.4. The van der Waals surface area contributed by atoms with E-state index in [0.717, 1.165) is 43.2 Å². The van der Waals surface area contributed by atoms with Crippen molar-refractivity contribution in [3.8, 4) is 5.69 Å². The summed E-state index contributed by atoms with van der Waals surface area (Å²) in [7, 11) is 2.16. The average molecular weight is 410 g/mol. The molecule has 1 aromatic heterocycles. The number of thioether (sulfide) groups is 1. The lowest BCUT2D eigenvalue weighted by Gasteiger charge is -2.34. The van der Waals surface area contributed by atoms with Gasteiger partial charge in [0.25, 0.3) is 0 Å². The monoisotopic (exact) mass is 409 g/mol. The molecule has 0 radical (unpaired) electrons. The van der Waals surface area contributed by atoms with Gasteiger partial charge in [0.05, 0.1) is 22.3 Å². The Labute approximate surface area is 175 Å². The Morgan fingerprint density at radius 3 is 2.52 bits per heavy atom. The Morgan fingerprint density at radius 1 is 1.10 bits per heavy atom. The summed E-state index contributed by atoms with van der Waals surface area (Å²) in [5.74, 6) is -0.267. The molecule has 1 fully saturated rings. The predicted octanol–water partition coefficient (Wildman–Crippen LogP) is 2.56. The second-order valence-electron chi connectivity index (χ2n) is 7.48. The van der Waals surface area contributed by atoms with Crippen LogP contribution in [0.5, 0.6) is 0 Å². The van der Waals surface area contributed by atoms with Crippen molar-refractivity contribution in [2.24, 2.45) is 0 Å². The summed E-state index contributed by atoms with van der Waals surface area (Å²) in [4.78, 5) is 20.8. The highest BCUT2D eigenvalue weighted by molar-refractivity contribution is 7.98. The number of carbonyl (C=O) groups is 1. The summed E-state index contributed by atoms with van der Waals surface area (Å²) < 4.78 is 2.15. The number of fused-ring (bicyclic) bond motifs is 1. The lowest BCUT2D eigenvalue weighted by Crippen LogP contribution is -2.44. The molecule has 2 heterocycles. The van der Waals surface area contributed by atoms with Crippen molar-refractivity contribution in [2.75, 3.05) is 44.4 Å². The van der Waals surface area contributed by atoms with E-state index in [1.807, 2.05) is 6.07 Å². The third kappa shape index (κ3) is 3.84. The zero-order valence-corrected chi connectivity index (χ0v) is 17.8. The molecule has 1 aliphatic rings. The number of hydrogen-bond donors (Lipinski definition) is 0. The summed E-state index contributed by atoms with van der Waals surface area (Å²) in [5.41, 5.74) is 3.97. The van der Waals surface area contributed by atoms with E-state index in [1.54, 1.807) is 23.9 Å². The number of hydrogen-bond acceptors (Lipinski definition) is 6. The van der Waals surface area contributed by atoms with Crippen molar-refractivity contribution < 1.29 is 9.90 Å². The van der Waals surface area contributed by atoms with Crippen LogP contribution in [0.2, 0.25) is 0 Å². The number of aromatic nitrogens is 2. The normalized spacial score (nSPS) is 16.3. The van der Waals surface area contributed by atoms with E-state index in [4.69, 9.17) is 4.98 Å². The average Bonchev–Trinajstić information content (AvgIpc) is 3.12. The Balaban J connectivity index is 1.82. The number of carbonyl (C=O) groups excluding carboxylic acids is 1. The molecule has 3 aromatic rings. The smallest absolute Gasteiger partial charge is 0.127 e. The topological polar surface area (TPSA) is 64.4 Å². The van der Waals surface area contributed by atoms with E-state index in [9.17, 15) is 9.90 Å². The maximum Gasteiger partial charge on any atom is 0.127 e. The Hall–Kier alpha value is -2.51. The van der Waals surface area contributed by atoms with E-state index >= 15 is 0 Å². The van der Waals surface area contributed by atoms with Crippen molar-refractivity contribution in [1.82, 2.24) is 14.5 Å². The minimum absolute atomic E-state index is 0.150. The van der Waals surface area contributed by atoms with Crippen LogP contribution in [0.15, 0.2) is 42.5 Å². The van der Waals surface area contributed by atoms with Gasteiger partial charge in [-0.05, 0) is 56.1 Å². The van der Waals surface area contributed by atoms with Gasteiger partial charge < -0.3 is 19.7 Å². The minimum Gasteiger partial charge on any atom is -0.545 e. The van der Waals surface area contributed by atoms with E-state index in [2.05, 4.69) is 58.9 Å². The number of likely N-dealkylation sites (N-methyl/N-ethyl adjacent to an activating group) is 1. The molecule has 0 amide bonds. The van der Waals surface area contributed by atoms with Gasteiger partial charge in [0.2, 0.25) is 0 Å². The fourth-order valence-electron chi connectivity index (χ4n) is 3.77. The molecule has 1 aliphatic heterocycles. The van der Waals surface area contributed by atoms with Gasteiger partial charge in [-0.3, -0.25) is 4.57 Å². The maximum atomic E-state index is 11.3. The first-order chi connectivity index (χ1) is 14.0. The van der Waals surface area contributed by atoms with Crippen LogP contribution in [0, 0.1) is 0 Å². The lowest BCUT2D eigenvalue weighted by atomic mass is 10.2. The van der Waals surface area contributed by atoms with E-state index in [1.165, 1.54) is 5.69 Å².